The largest absolute Gasteiger partial charge is 0.315 e. The highest BCUT2D eigenvalue weighted by Crippen LogP contribution is 2.02. The number of aromatic nitrogens is 1. The molecule has 0 fully saturated rings. The maximum absolute atomic E-state index is 4.21. The molecule has 1 rings (SSSR count). The normalized spacial score (nSPS) is 10.3. The van der Waals surface area contributed by atoms with Crippen molar-refractivity contribution >= 4 is 11.3 Å². The van der Waals surface area contributed by atoms with Gasteiger partial charge >= 0.3 is 0 Å². The molecule has 0 aliphatic carbocycles. The number of rotatable bonds is 8. The van der Waals surface area contributed by atoms with Crippen LogP contribution in [0.5, 0.6) is 0 Å². The molecule has 0 unspecified atom stereocenters. The summed E-state index contributed by atoms with van der Waals surface area (Å²) in [7, 11) is 0. The lowest BCUT2D eigenvalue weighted by Crippen LogP contribution is -2.28. The maximum Gasteiger partial charge on any atom is 0.0937 e. The second-order valence-electron chi connectivity index (χ2n) is 2.92. The van der Waals surface area contributed by atoms with Crippen LogP contribution in [0.4, 0.5) is 0 Å². The Bertz CT molecular complexity index is 234. The molecular weight excluding hydrogens is 194 g/mol. The summed E-state index contributed by atoms with van der Waals surface area (Å²) in [6.07, 6.45) is 4.75. The van der Waals surface area contributed by atoms with Gasteiger partial charge in [-0.25, -0.2) is 4.98 Å². The Morgan fingerprint density at radius 3 is 2.93 bits per heavy atom. The minimum Gasteiger partial charge on any atom is -0.315 e. The van der Waals surface area contributed by atoms with E-state index in [2.05, 4.69) is 22.2 Å². The fraction of sp³-hybridized carbons (Fsp3) is 0.500. The number of nitrogens with one attached hydrogen (secondary N) is 2. The first-order valence-electron chi connectivity index (χ1n) is 4.84. The molecule has 1 aromatic heterocycles. The maximum atomic E-state index is 4.21. The van der Waals surface area contributed by atoms with Gasteiger partial charge in [-0.15, -0.1) is 17.9 Å². The smallest absolute Gasteiger partial charge is 0.0937 e. The summed E-state index contributed by atoms with van der Waals surface area (Å²) >= 11 is 1.71. The van der Waals surface area contributed by atoms with Crippen LogP contribution in [0.2, 0.25) is 0 Å². The summed E-state index contributed by atoms with van der Waals surface area (Å²) in [5.41, 5.74) is 0. The van der Waals surface area contributed by atoms with Crippen molar-refractivity contribution in [3.05, 3.63) is 29.2 Å². The average molecular weight is 211 g/mol. The summed E-state index contributed by atoms with van der Waals surface area (Å²) in [5, 5.41) is 9.81. The van der Waals surface area contributed by atoms with Crippen LogP contribution in [0.25, 0.3) is 0 Å². The zero-order valence-corrected chi connectivity index (χ0v) is 9.15. The van der Waals surface area contributed by atoms with Crippen molar-refractivity contribution in [2.75, 3.05) is 26.2 Å². The fourth-order valence-corrected chi connectivity index (χ4v) is 1.70. The number of hydrogen-bond acceptors (Lipinski definition) is 4. The van der Waals surface area contributed by atoms with Crippen LogP contribution in [-0.2, 0) is 6.42 Å². The predicted molar refractivity (Wildman–Crippen MR) is 61.8 cm³/mol. The third kappa shape index (κ3) is 5.11. The standard InChI is InChI=1S/C10H17N3S/c1-2-4-11-6-7-12-5-3-10-13-8-9-14-10/h2,8-9,11-12H,1,3-7H2. The van der Waals surface area contributed by atoms with Crippen LogP contribution >= 0.6 is 11.3 Å². The summed E-state index contributed by atoms with van der Waals surface area (Å²) in [6, 6.07) is 0. The van der Waals surface area contributed by atoms with Crippen molar-refractivity contribution in [1.82, 2.24) is 15.6 Å². The Hall–Kier alpha value is -0.710. The van der Waals surface area contributed by atoms with Gasteiger partial charge in [-0.3, -0.25) is 0 Å². The molecule has 0 aromatic carbocycles. The summed E-state index contributed by atoms with van der Waals surface area (Å²) in [5.74, 6) is 0. The molecule has 14 heavy (non-hydrogen) atoms. The van der Waals surface area contributed by atoms with Gasteiger partial charge in [0.2, 0.25) is 0 Å². The lowest BCUT2D eigenvalue weighted by Gasteiger charge is -2.03. The predicted octanol–water partition coefficient (Wildman–Crippen LogP) is 1.05. The number of hydrogen-bond donors (Lipinski definition) is 2. The van der Waals surface area contributed by atoms with E-state index in [-0.39, 0.29) is 0 Å². The molecular formula is C10H17N3S. The van der Waals surface area contributed by atoms with E-state index in [1.165, 1.54) is 5.01 Å². The number of thiazole rings is 1. The monoisotopic (exact) mass is 211 g/mol. The second kappa shape index (κ2) is 7.67. The Balaban J connectivity index is 1.87. The topological polar surface area (TPSA) is 37.0 Å². The molecule has 1 heterocycles. The molecule has 1 aromatic rings. The first-order valence-corrected chi connectivity index (χ1v) is 5.72. The van der Waals surface area contributed by atoms with Crippen LogP contribution in [0.1, 0.15) is 5.01 Å². The van der Waals surface area contributed by atoms with E-state index in [1.54, 1.807) is 11.3 Å². The molecule has 0 atom stereocenters. The zero-order chi connectivity index (χ0) is 10.1. The van der Waals surface area contributed by atoms with Gasteiger partial charge in [-0.2, -0.15) is 0 Å². The minimum atomic E-state index is 0.883. The molecule has 0 amide bonds. The first kappa shape index (κ1) is 11.4. The van der Waals surface area contributed by atoms with Crippen LogP contribution in [0.15, 0.2) is 24.2 Å². The fourth-order valence-electron chi connectivity index (χ4n) is 1.08. The summed E-state index contributed by atoms with van der Waals surface area (Å²) < 4.78 is 0. The average Bonchev–Trinajstić information content (AvgIpc) is 2.69. The third-order valence-corrected chi connectivity index (χ3v) is 2.61. The molecule has 0 bridgehead atoms. The number of nitrogens with zero attached hydrogens (tertiary/aromatic N) is 1. The molecule has 0 aliphatic rings. The van der Waals surface area contributed by atoms with Crippen LogP contribution in [0, 0.1) is 0 Å². The van der Waals surface area contributed by atoms with Crippen molar-refractivity contribution in [2.24, 2.45) is 0 Å². The lowest BCUT2D eigenvalue weighted by molar-refractivity contribution is 0.634. The molecule has 0 radical (unpaired) electrons. The van der Waals surface area contributed by atoms with Crippen LogP contribution in [0.3, 0.4) is 0 Å². The Morgan fingerprint density at radius 1 is 1.36 bits per heavy atom. The first-order chi connectivity index (χ1) is 6.93. The molecule has 2 N–H and O–H groups in total. The molecule has 0 saturated heterocycles. The second-order valence-corrected chi connectivity index (χ2v) is 3.90. The van der Waals surface area contributed by atoms with Crippen molar-refractivity contribution in [3.8, 4) is 0 Å². The van der Waals surface area contributed by atoms with Gasteiger partial charge in [0, 0.05) is 44.2 Å². The van der Waals surface area contributed by atoms with E-state index in [9.17, 15) is 0 Å². The van der Waals surface area contributed by atoms with E-state index in [1.807, 2.05) is 17.7 Å². The molecule has 0 aliphatic heterocycles. The molecule has 4 heteroatoms. The van der Waals surface area contributed by atoms with Gasteiger partial charge in [0.05, 0.1) is 5.01 Å². The Morgan fingerprint density at radius 2 is 2.21 bits per heavy atom. The van der Waals surface area contributed by atoms with Crippen LogP contribution < -0.4 is 10.6 Å². The molecule has 0 saturated carbocycles. The highest BCUT2D eigenvalue weighted by molar-refractivity contribution is 7.09. The van der Waals surface area contributed by atoms with Crippen molar-refractivity contribution in [1.29, 1.82) is 0 Å². The van der Waals surface area contributed by atoms with Gasteiger partial charge in [-0.1, -0.05) is 6.08 Å². The van der Waals surface area contributed by atoms with E-state index in [4.69, 9.17) is 0 Å². The van der Waals surface area contributed by atoms with Gasteiger partial charge < -0.3 is 10.6 Å². The van der Waals surface area contributed by atoms with E-state index < -0.39 is 0 Å². The summed E-state index contributed by atoms with van der Waals surface area (Å²) in [6.45, 7) is 7.51. The highest BCUT2D eigenvalue weighted by Gasteiger charge is 1.93. The van der Waals surface area contributed by atoms with E-state index in [0.717, 1.165) is 32.6 Å². The zero-order valence-electron chi connectivity index (χ0n) is 8.33. The molecule has 0 spiro atoms. The van der Waals surface area contributed by atoms with Gasteiger partial charge in [0.25, 0.3) is 0 Å². The Kier molecular flexibility index (Phi) is 6.23. The van der Waals surface area contributed by atoms with E-state index in [0.29, 0.717) is 0 Å². The summed E-state index contributed by atoms with van der Waals surface area (Å²) in [4.78, 5) is 4.21. The van der Waals surface area contributed by atoms with E-state index >= 15 is 0 Å². The molecule has 3 nitrogen and oxygen atoms in total. The quantitative estimate of drug-likeness (QED) is 0.498. The van der Waals surface area contributed by atoms with Gasteiger partial charge in [0.1, 0.15) is 0 Å². The SMILES string of the molecule is C=CCNCCNCCc1nccs1. The minimum absolute atomic E-state index is 0.883. The Labute approximate surface area is 89.3 Å². The van der Waals surface area contributed by atoms with Crippen molar-refractivity contribution < 1.29 is 0 Å². The van der Waals surface area contributed by atoms with Crippen LogP contribution in [-0.4, -0.2) is 31.2 Å². The van der Waals surface area contributed by atoms with Crippen molar-refractivity contribution in [2.45, 2.75) is 6.42 Å². The third-order valence-electron chi connectivity index (χ3n) is 1.77. The van der Waals surface area contributed by atoms with Gasteiger partial charge in [-0.05, 0) is 0 Å². The lowest BCUT2D eigenvalue weighted by atomic mass is 10.4. The molecule has 78 valence electrons. The van der Waals surface area contributed by atoms with Crippen molar-refractivity contribution in [3.63, 3.8) is 0 Å². The van der Waals surface area contributed by atoms with Gasteiger partial charge in [0.15, 0.2) is 0 Å². The highest BCUT2D eigenvalue weighted by atomic mass is 32.1.